The van der Waals surface area contributed by atoms with Crippen LogP contribution in [0.4, 0.5) is 23.0 Å². The second kappa shape index (κ2) is 9.67. The number of benzene rings is 1. The van der Waals surface area contributed by atoms with Crippen molar-refractivity contribution in [2.75, 3.05) is 29.9 Å². The Morgan fingerprint density at radius 1 is 1.23 bits per heavy atom. The molecular weight excluding hydrogens is 334 g/mol. The van der Waals surface area contributed by atoms with Crippen LogP contribution in [0.15, 0.2) is 30.6 Å². The third kappa shape index (κ3) is 4.89. The SMILES string of the molecule is CCCCc1ccc(Nc2ncnc(N(CC)CCO)c2[N+](=O)[O-])cc1. The molecule has 140 valence electrons. The van der Waals surface area contributed by atoms with Gasteiger partial charge in [-0.1, -0.05) is 25.5 Å². The van der Waals surface area contributed by atoms with Gasteiger partial charge in [-0.15, -0.1) is 0 Å². The number of aliphatic hydroxyl groups is 1. The number of hydrogen-bond donors (Lipinski definition) is 2. The van der Waals surface area contributed by atoms with Crippen LogP contribution in [0.2, 0.25) is 0 Å². The number of anilines is 3. The van der Waals surface area contributed by atoms with Crippen LogP contribution in [0.25, 0.3) is 0 Å². The monoisotopic (exact) mass is 359 g/mol. The molecule has 0 saturated heterocycles. The normalized spacial score (nSPS) is 10.6. The van der Waals surface area contributed by atoms with E-state index >= 15 is 0 Å². The van der Waals surface area contributed by atoms with Gasteiger partial charge in [0.1, 0.15) is 6.33 Å². The van der Waals surface area contributed by atoms with Crippen molar-refractivity contribution in [3.63, 3.8) is 0 Å². The Bertz CT molecular complexity index is 721. The van der Waals surface area contributed by atoms with Gasteiger partial charge in [0.25, 0.3) is 0 Å². The predicted molar refractivity (Wildman–Crippen MR) is 102 cm³/mol. The maximum atomic E-state index is 11.6. The summed E-state index contributed by atoms with van der Waals surface area (Å²) in [5.41, 5.74) is 1.76. The second-order valence-corrected chi connectivity index (χ2v) is 5.88. The van der Waals surface area contributed by atoms with Crippen molar-refractivity contribution < 1.29 is 10.0 Å². The third-order valence-electron chi connectivity index (χ3n) is 4.07. The van der Waals surface area contributed by atoms with Crippen LogP contribution in [0, 0.1) is 10.1 Å². The zero-order valence-electron chi connectivity index (χ0n) is 15.2. The molecule has 2 N–H and O–H groups in total. The highest BCUT2D eigenvalue weighted by Crippen LogP contribution is 2.33. The van der Waals surface area contributed by atoms with E-state index in [1.807, 2.05) is 31.2 Å². The largest absolute Gasteiger partial charge is 0.395 e. The number of rotatable bonds is 10. The molecule has 0 unspecified atom stereocenters. The molecule has 8 heteroatoms. The van der Waals surface area contributed by atoms with Crippen molar-refractivity contribution in [3.05, 3.63) is 46.3 Å². The van der Waals surface area contributed by atoms with E-state index < -0.39 is 4.92 Å². The summed E-state index contributed by atoms with van der Waals surface area (Å²) < 4.78 is 0. The first kappa shape index (κ1) is 19.6. The summed E-state index contributed by atoms with van der Waals surface area (Å²) in [4.78, 5) is 20.9. The van der Waals surface area contributed by atoms with Crippen LogP contribution < -0.4 is 10.2 Å². The molecule has 0 radical (unpaired) electrons. The molecule has 2 rings (SSSR count). The first-order chi connectivity index (χ1) is 12.6. The molecule has 0 atom stereocenters. The van der Waals surface area contributed by atoms with Crippen LogP contribution in [-0.2, 0) is 6.42 Å². The summed E-state index contributed by atoms with van der Waals surface area (Å²) in [6.07, 6.45) is 4.57. The fraction of sp³-hybridized carbons (Fsp3) is 0.444. The topological polar surface area (TPSA) is 104 Å². The molecular formula is C18H25N5O3. The van der Waals surface area contributed by atoms with Crippen LogP contribution in [0.3, 0.4) is 0 Å². The minimum Gasteiger partial charge on any atom is -0.395 e. The van der Waals surface area contributed by atoms with Gasteiger partial charge in [-0.2, -0.15) is 0 Å². The molecule has 0 aliphatic carbocycles. The summed E-state index contributed by atoms with van der Waals surface area (Å²) in [6.45, 7) is 4.64. The standard InChI is InChI=1S/C18H25N5O3/c1-3-5-6-14-7-9-15(10-8-14)21-17-16(23(25)26)18(20-13-19-17)22(4-2)11-12-24/h7-10,13,24H,3-6,11-12H2,1-2H3,(H,19,20,21). The van der Waals surface area contributed by atoms with Gasteiger partial charge in [-0.25, -0.2) is 9.97 Å². The Kier molecular flexibility index (Phi) is 7.28. The predicted octanol–water partition coefficient (Wildman–Crippen LogP) is 3.29. The molecule has 0 bridgehead atoms. The Balaban J connectivity index is 2.29. The maximum Gasteiger partial charge on any atom is 0.353 e. The fourth-order valence-electron chi connectivity index (χ4n) is 2.67. The molecule has 0 spiro atoms. The molecule has 1 aromatic carbocycles. The number of likely N-dealkylation sites (N-methyl/N-ethyl adjacent to an activating group) is 1. The molecule has 1 aromatic heterocycles. The number of aromatic nitrogens is 2. The number of nitrogens with one attached hydrogen (secondary N) is 1. The second-order valence-electron chi connectivity index (χ2n) is 5.88. The molecule has 1 heterocycles. The summed E-state index contributed by atoms with van der Waals surface area (Å²) >= 11 is 0. The van der Waals surface area contributed by atoms with Gasteiger partial charge in [0.15, 0.2) is 0 Å². The van der Waals surface area contributed by atoms with Crippen molar-refractivity contribution in [2.24, 2.45) is 0 Å². The highest BCUT2D eigenvalue weighted by molar-refractivity contribution is 5.74. The van der Waals surface area contributed by atoms with E-state index in [0.717, 1.165) is 24.9 Å². The van der Waals surface area contributed by atoms with Gasteiger partial charge < -0.3 is 15.3 Å². The van der Waals surface area contributed by atoms with Crippen LogP contribution in [0.5, 0.6) is 0 Å². The molecule has 0 amide bonds. The molecule has 0 aliphatic heterocycles. The lowest BCUT2D eigenvalue weighted by Crippen LogP contribution is -2.28. The quantitative estimate of drug-likeness (QED) is 0.495. The van der Waals surface area contributed by atoms with E-state index in [0.29, 0.717) is 6.54 Å². The van der Waals surface area contributed by atoms with Crippen molar-refractivity contribution in [2.45, 2.75) is 33.1 Å². The lowest BCUT2D eigenvalue weighted by atomic mass is 10.1. The number of nitrogens with zero attached hydrogens (tertiary/aromatic N) is 4. The van der Waals surface area contributed by atoms with Crippen LogP contribution in [0.1, 0.15) is 32.3 Å². The number of nitro groups is 1. The smallest absolute Gasteiger partial charge is 0.353 e. The van der Waals surface area contributed by atoms with E-state index in [1.165, 1.54) is 11.9 Å². The molecule has 2 aromatic rings. The maximum absolute atomic E-state index is 11.6. The molecule has 0 saturated carbocycles. The average molecular weight is 359 g/mol. The number of aliphatic hydroxyl groups excluding tert-OH is 1. The van der Waals surface area contributed by atoms with Gasteiger partial charge in [0.05, 0.1) is 11.5 Å². The Labute approximate surface area is 153 Å². The van der Waals surface area contributed by atoms with Crippen molar-refractivity contribution in [1.82, 2.24) is 9.97 Å². The van der Waals surface area contributed by atoms with Crippen molar-refractivity contribution >= 4 is 23.0 Å². The minimum absolute atomic E-state index is 0.114. The summed E-state index contributed by atoms with van der Waals surface area (Å²) in [5.74, 6) is 0.335. The first-order valence-electron chi connectivity index (χ1n) is 8.81. The van der Waals surface area contributed by atoms with Crippen molar-refractivity contribution in [1.29, 1.82) is 0 Å². The molecule has 0 aliphatic rings. The van der Waals surface area contributed by atoms with E-state index in [9.17, 15) is 15.2 Å². The van der Waals surface area contributed by atoms with Gasteiger partial charge in [-0.05, 0) is 37.5 Å². The number of aryl methyl sites for hydroxylation is 1. The highest BCUT2D eigenvalue weighted by atomic mass is 16.6. The third-order valence-corrected chi connectivity index (χ3v) is 4.07. The lowest BCUT2D eigenvalue weighted by molar-refractivity contribution is -0.383. The zero-order valence-corrected chi connectivity index (χ0v) is 15.2. The lowest BCUT2D eigenvalue weighted by Gasteiger charge is -2.21. The molecule has 26 heavy (non-hydrogen) atoms. The van der Waals surface area contributed by atoms with Gasteiger partial charge >= 0.3 is 5.69 Å². The van der Waals surface area contributed by atoms with Crippen LogP contribution >= 0.6 is 0 Å². The number of hydrogen-bond acceptors (Lipinski definition) is 7. The van der Waals surface area contributed by atoms with E-state index in [1.54, 1.807) is 4.90 Å². The molecule has 8 nitrogen and oxygen atoms in total. The Morgan fingerprint density at radius 3 is 2.54 bits per heavy atom. The van der Waals surface area contributed by atoms with E-state index in [4.69, 9.17) is 0 Å². The zero-order chi connectivity index (χ0) is 18.9. The van der Waals surface area contributed by atoms with Gasteiger partial charge in [0.2, 0.25) is 11.6 Å². The summed E-state index contributed by atoms with van der Waals surface area (Å²) in [6, 6.07) is 7.80. The molecule has 0 fully saturated rings. The first-order valence-corrected chi connectivity index (χ1v) is 8.81. The average Bonchev–Trinajstić information content (AvgIpc) is 2.65. The number of unbranched alkanes of at least 4 members (excludes halogenated alkanes) is 1. The Hall–Kier alpha value is -2.74. The summed E-state index contributed by atoms with van der Waals surface area (Å²) in [7, 11) is 0. The Morgan fingerprint density at radius 2 is 1.96 bits per heavy atom. The van der Waals surface area contributed by atoms with Gasteiger partial charge in [-0.3, -0.25) is 10.1 Å². The van der Waals surface area contributed by atoms with Gasteiger partial charge in [0, 0.05) is 18.8 Å². The van der Waals surface area contributed by atoms with E-state index in [-0.39, 0.29) is 30.5 Å². The van der Waals surface area contributed by atoms with Crippen LogP contribution in [-0.4, -0.2) is 39.7 Å². The highest BCUT2D eigenvalue weighted by Gasteiger charge is 2.26. The minimum atomic E-state index is -0.493. The summed E-state index contributed by atoms with van der Waals surface area (Å²) in [5, 5.41) is 23.8. The van der Waals surface area contributed by atoms with E-state index in [2.05, 4.69) is 22.2 Å². The van der Waals surface area contributed by atoms with Crippen molar-refractivity contribution in [3.8, 4) is 0 Å². The fourth-order valence-corrected chi connectivity index (χ4v) is 2.67.